The minimum atomic E-state index is -0.204. The summed E-state index contributed by atoms with van der Waals surface area (Å²) in [4.78, 5) is 0. The molecular formula is C14H22FNOS. The fraction of sp³-hybridized carbons (Fsp3) is 0.571. The smallest absolute Gasteiger partial charge is 0.131 e. The number of thioether (sulfide) groups is 1. The van der Waals surface area contributed by atoms with Gasteiger partial charge in [0.05, 0.1) is 7.11 Å². The third-order valence-corrected chi connectivity index (χ3v) is 3.82. The number of halogens is 1. The third-order valence-electron chi connectivity index (χ3n) is 2.63. The van der Waals surface area contributed by atoms with Crippen molar-refractivity contribution < 1.29 is 9.13 Å². The van der Waals surface area contributed by atoms with Gasteiger partial charge < -0.3 is 10.1 Å². The second kappa shape index (κ2) is 7.64. The first-order chi connectivity index (χ1) is 8.58. The van der Waals surface area contributed by atoms with E-state index in [2.05, 4.69) is 19.2 Å². The van der Waals surface area contributed by atoms with Gasteiger partial charge in [0.25, 0.3) is 0 Å². The molecule has 0 amide bonds. The molecule has 0 aliphatic carbocycles. The van der Waals surface area contributed by atoms with Gasteiger partial charge in [-0.2, -0.15) is 11.8 Å². The Morgan fingerprint density at radius 2 is 2.11 bits per heavy atom. The van der Waals surface area contributed by atoms with Crippen LogP contribution < -0.4 is 10.1 Å². The summed E-state index contributed by atoms with van der Waals surface area (Å²) in [5.74, 6) is 1.22. The lowest BCUT2D eigenvalue weighted by molar-refractivity contribution is 0.409. The Kier molecular flexibility index (Phi) is 6.50. The van der Waals surface area contributed by atoms with Gasteiger partial charge in [-0.05, 0) is 17.9 Å². The Morgan fingerprint density at radius 1 is 1.39 bits per heavy atom. The Bertz CT molecular complexity index is 371. The number of nitrogens with one attached hydrogen (secondary N) is 1. The normalized spacial score (nSPS) is 12.8. The van der Waals surface area contributed by atoms with Crippen LogP contribution in [0.15, 0.2) is 18.2 Å². The summed E-state index contributed by atoms with van der Waals surface area (Å²) in [6.45, 7) is 7.17. The zero-order valence-corrected chi connectivity index (χ0v) is 12.3. The molecule has 1 aromatic rings. The summed E-state index contributed by atoms with van der Waals surface area (Å²) in [6.07, 6.45) is 0. The molecule has 1 unspecified atom stereocenters. The number of ether oxygens (including phenoxy) is 1. The second-order valence-corrected chi connectivity index (χ2v) is 5.99. The van der Waals surface area contributed by atoms with Gasteiger partial charge in [0, 0.05) is 23.4 Å². The van der Waals surface area contributed by atoms with E-state index in [-0.39, 0.29) is 11.9 Å². The highest BCUT2D eigenvalue weighted by Gasteiger charge is 2.16. The van der Waals surface area contributed by atoms with E-state index < -0.39 is 0 Å². The van der Waals surface area contributed by atoms with Crippen molar-refractivity contribution in [3.8, 4) is 5.75 Å². The first-order valence-corrected chi connectivity index (χ1v) is 7.31. The van der Waals surface area contributed by atoms with Crippen molar-refractivity contribution in [1.82, 2.24) is 5.32 Å². The minimum Gasteiger partial charge on any atom is -0.497 e. The quantitative estimate of drug-likeness (QED) is 0.818. The highest BCUT2D eigenvalue weighted by molar-refractivity contribution is 7.99. The molecular weight excluding hydrogens is 249 g/mol. The molecule has 0 fully saturated rings. The summed E-state index contributed by atoms with van der Waals surface area (Å²) in [5.41, 5.74) is 0.714. The molecule has 0 aliphatic heterocycles. The van der Waals surface area contributed by atoms with Crippen molar-refractivity contribution in [2.24, 2.45) is 0 Å². The van der Waals surface area contributed by atoms with Gasteiger partial charge in [-0.1, -0.05) is 26.8 Å². The number of hydrogen-bond donors (Lipinski definition) is 1. The maximum Gasteiger partial charge on any atom is 0.131 e. The van der Waals surface area contributed by atoms with Crippen LogP contribution in [0.4, 0.5) is 4.39 Å². The Balaban J connectivity index is 2.84. The SMILES string of the molecule is CCNC(CSC(C)C)c1ccc(OC)cc1F. The molecule has 0 saturated heterocycles. The van der Waals surface area contributed by atoms with Crippen LogP contribution in [-0.2, 0) is 0 Å². The van der Waals surface area contributed by atoms with Crippen molar-refractivity contribution in [2.75, 3.05) is 19.4 Å². The fourth-order valence-electron chi connectivity index (χ4n) is 1.71. The highest BCUT2D eigenvalue weighted by Crippen LogP contribution is 2.26. The van der Waals surface area contributed by atoms with E-state index in [4.69, 9.17) is 4.74 Å². The zero-order valence-electron chi connectivity index (χ0n) is 11.5. The Hall–Kier alpha value is -0.740. The van der Waals surface area contributed by atoms with E-state index in [0.29, 0.717) is 16.6 Å². The maximum absolute atomic E-state index is 14.0. The molecule has 0 saturated carbocycles. The topological polar surface area (TPSA) is 21.3 Å². The summed E-state index contributed by atoms with van der Waals surface area (Å²) in [5, 5.41) is 3.88. The Labute approximate surface area is 113 Å². The fourth-order valence-corrected chi connectivity index (χ4v) is 2.59. The predicted octanol–water partition coefficient (Wildman–Crippen LogP) is 3.63. The molecule has 0 heterocycles. The number of rotatable bonds is 7. The van der Waals surface area contributed by atoms with E-state index in [1.807, 2.05) is 30.8 Å². The average Bonchev–Trinajstić information content (AvgIpc) is 2.34. The lowest BCUT2D eigenvalue weighted by atomic mass is 10.1. The molecule has 1 atom stereocenters. The predicted molar refractivity (Wildman–Crippen MR) is 77.0 cm³/mol. The van der Waals surface area contributed by atoms with Crippen LogP contribution in [0.1, 0.15) is 32.4 Å². The molecule has 0 radical (unpaired) electrons. The van der Waals surface area contributed by atoms with Crippen LogP contribution in [-0.4, -0.2) is 24.7 Å². The lowest BCUT2D eigenvalue weighted by Crippen LogP contribution is -2.24. The van der Waals surface area contributed by atoms with Crippen LogP contribution in [0.25, 0.3) is 0 Å². The van der Waals surface area contributed by atoms with E-state index in [1.165, 1.54) is 6.07 Å². The zero-order chi connectivity index (χ0) is 13.5. The summed E-state index contributed by atoms with van der Waals surface area (Å²) in [6, 6.07) is 5.11. The van der Waals surface area contributed by atoms with Gasteiger partial charge in [0.2, 0.25) is 0 Å². The molecule has 0 aliphatic rings. The van der Waals surface area contributed by atoms with Gasteiger partial charge in [-0.25, -0.2) is 4.39 Å². The van der Waals surface area contributed by atoms with E-state index in [1.54, 1.807) is 7.11 Å². The Morgan fingerprint density at radius 3 is 2.61 bits per heavy atom. The largest absolute Gasteiger partial charge is 0.497 e. The number of hydrogen-bond acceptors (Lipinski definition) is 3. The van der Waals surface area contributed by atoms with Gasteiger partial charge in [0.1, 0.15) is 11.6 Å². The van der Waals surface area contributed by atoms with Crippen molar-refractivity contribution >= 4 is 11.8 Å². The molecule has 4 heteroatoms. The molecule has 0 aromatic heterocycles. The first-order valence-electron chi connectivity index (χ1n) is 6.26. The number of benzene rings is 1. The first kappa shape index (κ1) is 15.3. The maximum atomic E-state index is 14.0. The van der Waals surface area contributed by atoms with Crippen molar-refractivity contribution in [3.05, 3.63) is 29.6 Å². The molecule has 2 nitrogen and oxygen atoms in total. The van der Waals surface area contributed by atoms with E-state index in [0.717, 1.165) is 12.3 Å². The number of methoxy groups -OCH3 is 1. The average molecular weight is 271 g/mol. The molecule has 0 bridgehead atoms. The molecule has 0 spiro atoms. The van der Waals surface area contributed by atoms with Crippen molar-refractivity contribution in [3.63, 3.8) is 0 Å². The minimum absolute atomic E-state index is 0.0494. The monoisotopic (exact) mass is 271 g/mol. The molecule has 1 rings (SSSR count). The summed E-state index contributed by atoms with van der Waals surface area (Å²) < 4.78 is 19.0. The van der Waals surface area contributed by atoms with Gasteiger partial charge in [0.15, 0.2) is 0 Å². The van der Waals surface area contributed by atoms with Crippen LogP contribution in [0.5, 0.6) is 5.75 Å². The molecule has 18 heavy (non-hydrogen) atoms. The van der Waals surface area contributed by atoms with Gasteiger partial charge >= 0.3 is 0 Å². The van der Waals surface area contributed by atoms with Crippen molar-refractivity contribution in [1.29, 1.82) is 0 Å². The third kappa shape index (κ3) is 4.50. The van der Waals surface area contributed by atoms with Crippen LogP contribution >= 0.6 is 11.8 Å². The van der Waals surface area contributed by atoms with E-state index in [9.17, 15) is 4.39 Å². The highest BCUT2D eigenvalue weighted by atomic mass is 32.2. The molecule has 102 valence electrons. The second-order valence-electron chi connectivity index (χ2n) is 4.38. The van der Waals surface area contributed by atoms with Crippen molar-refractivity contribution in [2.45, 2.75) is 32.1 Å². The van der Waals surface area contributed by atoms with E-state index >= 15 is 0 Å². The van der Waals surface area contributed by atoms with Gasteiger partial charge in [-0.3, -0.25) is 0 Å². The van der Waals surface area contributed by atoms with Crippen LogP contribution in [0.3, 0.4) is 0 Å². The van der Waals surface area contributed by atoms with Gasteiger partial charge in [-0.15, -0.1) is 0 Å². The summed E-state index contributed by atoms with van der Waals surface area (Å²) in [7, 11) is 1.55. The molecule has 1 aromatic carbocycles. The summed E-state index contributed by atoms with van der Waals surface area (Å²) >= 11 is 1.83. The lowest BCUT2D eigenvalue weighted by Gasteiger charge is -2.20. The van der Waals surface area contributed by atoms with Crippen LogP contribution in [0.2, 0.25) is 0 Å². The standard InChI is InChI=1S/C14H22FNOS/c1-5-16-14(9-18-10(2)3)12-7-6-11(17-4)8-13(12)15/h6-8,10,14,16H,5,9H2,1-4H3. The molecule has 1 N–H and O–H groups in total. The van der Waals surface area contributed by atoms with Crippen LogP contribution in [0, 0.1) is 5.82 Å².